The zero-order valence-corrected chi connectivity index (χ0v) is 10.8. The monoisotopic (exact) mass is 312 g/mol. The van der Waals surface area contributed by atoms with E-state index in [2.05, 4.69) is 74.4 Å². The van der Waals surface area contributed by atoms with Crippen molar-refractivity contribution < 1.29 is 0 Å². The smallest absolute Gasteiger partial charge is 0.0224 e. The summed E-state index contributed by atoms with van der Waals surface area (Å²) in [6.45, 7) is 0. The Morgan fingerprint density at radius 2 is 2.00 bits per heavy atom. The average Bonchev–Trinajstić information content (AvgIpc) is 2.13. The van der Waals surface area contributed by atoms with Crippen molar-refractivity contribution in [2.45, 2.75) is 6.42 Å². The summed E-state index contributed by atoms with van der Waals surface area (Å²) in [6.07, 6.45) is 16.0. The Morgan fingerprint density at radius 1 is 1.14 bits per heavy atom. The molecule has 0 aromatic carbocycles. The molecule has 0 amide bonds. The van der Waals surface area contributed by atoms with Crippen LogP contribution in [0.4, 0.5) is 0 Å². The van der Waals surface area contributed by atoms with Gasteiger partial charge < -0.3 is 0 Å². The zero-order valence-electron chi connectivity index (χ0n) is 7.58. The van der Waals surface area contributed by atoms with Gasteiger partial charge in [0.1, 0.15) is 0 Å². The van der Waals surface area contributed by atoms with Gasteiger partial charge in [-0.25, -0.2) is 0 Å². The van der Waals surface area contributed by atoms with Crippen LogP contribution in [-0.4, -0.2) is 0 Å². The molecular weight excluding hydrogens is 304 g/mol. The van der Waals surface area contributed by atoms with Crippen LogP contribution in [0.1, 0.15) is 6.42 Å². The molecule has 0 aromatic rings. The molecule has 0 N–H and O–H groups in total. The van der Waals surface area contributed by atoms with Gasteiger partial charge in [0.2, 0.25) is 0 Å². The molecule has 2 aliphatic rings. The van der Waals surface area contributed by atoms with E-state index in [1.807, 2.05) is 0 Å². The highest BCUT2D eigenvalue weighted by atomic mass is 79.9. The largest absolute Gasteiger partial charge is 0.0836 e. The second kappa shape index (κ2) is 4.45. The van der Waals surface area contributed by atoms with Crippen LogP contribution in [0.2, 0.25) is 0 Å². The summed E-state index contributed by atoms with van der Waals surface area (Å²) in [5.41, 5.74) is 1.34. The van der Waals surface area contributed by atoms with E-state index in [-0.39, 0.29) is 0 Å². The van der Waals surface area contributed by atoms with Gasteiger partial charge in [0.05, 0.1) is 0 Å². The minimum absolute atomic E-state index is 0.491. The van der Waals surface area contributed by atoms with Gasteiger partial charge in [0.15, 0.2) is 0 Å². The molecule has 1 unspecified atom stereocenters. The van der Waals surface area contributed by atoms with E-state index in [1.165, 1.54) is 14.5 Å². The van der Waals surface area contributed by atoms with Gasteiger partial charge in [0, 0.05) is 14.9 Å². The van der Waals surface area contributed by atoms with Crippen molar-refractivity contribution in [1.82, 2.24) is 0 Å². The minimum Gasteiger partial charge on any atom is -0.0836 e. The van der Waals surface area contributed by atoms with Crippen LogP contribution in [0, 0.1) is 5.92 Å². The van der Waals surface area contributed by atoms with Crippen molar-refractivity contribution in [3.8, 4) is 0 Å². The second-order valence-electron chi connectivity index (χ2n) is 3.29. The number of hydrogen-bond acceptors (Lipinski definition) is 0. The molecule has 72 valence electrons. The maximum Gasteiger partial charge on any atom is 0.0224 e. The normalized spacial score (nSPS) is 30.1. The predicted octanol–water partition coefficient (Wildman–Crippen LogP) is 4.62. The van der Waals surface area contributed by atoms with Crippen LogP contribution in [0.25, 0.3) is 0 Å². The van der Waals surface area contributed by atoms with E-state index in [9.17, 15) is 0 Å². The first-order valence-corrected chi connectivity index (χ1v) is 6.15. The van der Waals surface area contributed by atoms with Gasteiger partial charge in [-0.2, -0.15) is 0 Å². The highest BCUT2D eigenvalue weighted by molar-refractivity contribution is 9.12. The van der Waals surface area contributed by atoms with E-state index in [1.54, 1.807) is 0 Å². The molecule has 0 spiro atoms. The second-order valence-corrected chi connectivity index (χ2v) is 5.00. The third-order valence-electron chi connectivity index (χ3n) is 2.35. The molecule has 0 saturated heterocycles. The molecule has 2 heteroatoms. The highest BCUT2D eigenvalue weighted by Gasteiger charge is 2.18. The first-order valence-electron chi connectivity index (χ1n) is 4.56. The summed E-state index contributed by atoms with van der Waals surface area (Å²) in [7, 11) is 0. The van der Waals surface area contributed by atoms with Gasteiger partial charge in [-0.05, 0) is 24.1 Å². The van der Waals surface area contributed by atoms with Crippen molar-refractivity contribution in [3.63, 3.8) is 0 Å². The lowest BCUT2D eigenvalue weighted by Crippen LogP contribution is -2.05. The molecule has 0 radical (unpaired) electrons. The van der Waals surface area contributed by atoms with Crippen LogP contribution >= 0.6 is 31.9 Å². The molecule has 0 saturated carbocycles. The topological polar surface area (TPSA) is 0 Å². The number of fused-ring (bicyclic) bond motifs is 1. The van der Waals surface area contributed by atoms with Crippen LogP contribution in [-0.2, 0) is 0 Å². The van der Waals surface area contributed by atoms with Gasteiger partial charge in [0.25, 0.3) is 0 Å². The Hall–Kier alpha value is -0.340. The van der Waals surface area contributed by atoms with Crippen LogP contribution < -0.4 is 0 Å². The molecule has 2 rings (SSSR count). The Labute approximate surface area is 101 Å². The maximum atomic E-state index is 3.61. The molecule has 0 fully saturated rings. The van der Waals surface area contributed by atoms with E-state index >= 15 is 0 Å². The molecule has 0 aliphatic heterocycles. The van der Waals surface area contributed by atoms with Crippen molar-refractivity contribution in [3.05, 3.63) is 57.1 Å². The zero-order chi connectivity index (χ0) is 9.97. The third kappa shape index (κ3) is 2.01. The molecule has 2 aliphatic carbocycles. The standard InChI is InChI=1S/C12H10Br2/c13-10-7-3-1-2-5-9-6-4-8-11(14)12(9)10/h1-4,6-9H,5H2/b2-1+,7-3-,12-10?. The van der Waals surface area contributed by atoms with E-state index in [0.717, 1.165) is 6.42 Å². The number of hydrogen-bond donors (Lipinski definition) is 0. The van der Waals surface area contributed by atoms with Crippen LogP contribution in [0.15, 0.2) is 57.1 Å². The maximum absolute atomic E-state index is 3.61. The lowest BCUT2D eigenvalue weighted by molar-refractivity contribution is 0.785. The Morgan fingerprint density at radius 3 is 2.86 bits per heavy atom. The van der Waals surface area contributed by atoms with E-state index in [0.29, 0.717) is 5.92 Å². The lowest BCUT2D eigenvalue weighted by Gasteiger charge is -2.20. The SMILES string of the molecule is BrC1=CC=CC2C/C=C/C=C\C(Br)=C12. The molecule has 1 atom stereocenters. The fourth-order valence-corrected chi connectivity index (χ4v) is 3.24. The summed E-state index contributed by atoms with van der Waals surface area (Å²) in [6, 6.07) is 0. The number of allylic oxidation sites excluding steroid dienone is 10. The fourth-order valence-electron chi connectivity index (χ4n) is 1.66. The van der Waals surface area contributed by atoms with Crippen molar-refractivity contribution in [2.75, 3.05) is 0 Å². The third-order valence-corrected chi connectivity index (χ3v) is 3.73. The minimum atomic E-state index is 0.491. The van der Waals surface area contributed by atoms with E-state index in [4.69, 9.17) is 0 Å². The summed E-state index contributed by atoms with van der Waals surface area (Å²) < 4.78 is 2.34. The Bertz CT molecular complexity index is 381. The molecule has 0 nitrogen and oxygen atoms in total. The summed E-state index contributed by atoms with van der Waals surface area (Å²) >= 11 is 7.20. The highest BCUT2D eigenvalue weighted by Crippen LogP contribution is 2.37. The Kier molecular flexibility index (Phi) is 3.24. The van der Waals surface area contributed by atoms with Gasteiger partial charge >= 0.3 is 0 Å². The Balaban J connectivity index is 2.48. The molecule has 0 aromatic heterocycles. The first-order chi connectivity index (χ1) is 6.79. The summed E-state index contributed by atoms with van der Waals surface area (Å²) in [4.78, 5) is 0. The van der Waals surface area contributed by atoms with Crippen LogP contribution in [0.5, 0.6) is 0 Å². The van der Waals surface area contributed by atoms with Crippen molar-refractivity contribution >= 4 is 31.9 Å². The quantitative estimate of drug-likeness (QED) is 0.612. The van der Waals surface area contributed by atoms with Gasteiger partial charge in [-0.3, -0.25) is 0 Å². The van der Waals surface area contributed by atoms with E-state index < -0.39 is 0 Å². The molecule has 0 heterocycles. The first kappa shape index (κ1) is 10.2. The lowest BCUT2D eigenvalue weighted by atomic mass is 9.90. The fraction of sp³-hybridized carbons (Fsp3) is 0.167. The van der Waals surface area contributed by atoms with Crippen LogP contribution in [0.3, 0.4) is 0 Å². The molecule has 0 bridgehead atoms. The average molecular weight is 314 g/mol. The summed E-state index contributed by atoms with van der Waals surface area (Å²) in [5, 5.41) is 0. The summed E-state index contributed by atoms with van der Waals surface area (Å²) in [5.74, 6) is 0.491. The number of rotatable bonds is 0. The molecular formula is C12H10Br2. The van der Waals surface area contributed by atoms with Gasteiger partial charge in [-0.15, -0.1) is 0 Å². The number of halogens is 2. The predicted molar refractivity (Wildman–Crippen MR) is 68.5 cm³/mol. The van der Waals surface area contributed by atoms with Crippen molar-refractivity contribution in [2.24, 2.45) is 5.92 Å². The van der Waals surface area contributed by atoms with Crippen molar-refractivity contribution in [1.29, 1.82) is 0 Å². The molecule has 14 heavy (non-hydrogen) atoms. The van der Waals surface area contributed by atoms with Gasteiger partial charge in [-0.1, -0.05) is 62.2 Å².